The first-order valence-electron chi connectivity index (χ1n) is 5.72. The van der Waals surface area contributed by atoms with E-state index in [1.807, 2.05) is 17.5 Å². The van der Waals surface area contributed by atoms with Gasteiger partial charge in [0.05, 0.1) is 5.75 Å². The van der Waals surface area contributed by atoms with Crippen LogP contribution in [0.3, 0.4) is 0 Å². The van der Waals surface area contributed by atoms with Crippen LogP contribution in [0.15, 0.2) is 17.5 Å². The number of unbranched alkanes of at least 4 members (excludes halogenated alkanes) is 1. The fourth-order valence-electron chi connectivity index (χ4n) is 1.45. The lowest BCUT2D eigenvalue weighted by Gasteiger charge is -2.16. The van der Waals surface area contributed by atoms with E-state index in [-0.39, 0.29) is 5.75 Å². The van der Waals surface area contributed by atoms with Crippen LogP contribution in [0.25, 0.3) is 0 Å². The molecular weight excluding hydrogens is 256 g/mol. The lowest BCUT2D eigenvalue weighted by Crippen LogP contribution is -2.31. The van der Waals surface area contributed by atoms with Gasteiger partial charge in [0.2, 0.25) is 10.0 Å². The number of hydrogen-bond donors (Lipinski definition) is 1. The van der Waals surface area contributed by atoms with E-state index in [9.17, 15) is 8.42 Å². The summed E-state index contributed by atoms with van der Waals surface area (Å²) in [6, 6.07) is 4.01. The molecule has 0 aliphatic carbocycles. The Morgan fingerprint density at radius 2 is 2.18 bits per heavy atom. The van der Waals surface area contributed by atoms with E-state index >= 15 is 0 Å². The molecule has 0 bridgehead atoms. The first-order chi connectivity index (χ1) is 8.06. The zero-order valence-corrected chi connectivity index (χ0v) is 11.8. The van der Waals surface area contributed by atoms with Gasteiger partial charge in [0.25, 0.3) is 0 Å². The van der Waals surface area contributed by atoms with Gasteiger partial charge in [0.15, 0.2) is 0 Å². The van der Waals surface area contributed by atoms with Gasteiger partial charge >= 0.3 is 0 Å². The number of thiophene rings is 1. The summed E-state index contributed by atoms with van der Waals surface area (Å²) in [6.45, 7) is 1.10. The molecule has 0 saturated carbocycles. The van der Waals surface area contributed by atoms with Gasteiger partial charge in [0.1, 0.15) is 0 Å². The fourth-order valence-corrected chi connectivity index (χ4v) is 3.39. The molecule has 0 saturated heterocycles. The largest absolute Gasteiger partial charge is 0.330 e. The topological polar surface area (TPSA) is 63.4 Å². The summed E-state index contributed by atoms with van der Waals surface area (Å²) < 4.78 is 25.2. The molecular formula is C11H20N2O2S2. The van der Waals surface area contributed by atoms with E-state index in [1.165, 1.54) is 9.18 Å². The second-order valence-corrected chi connectivity index (χ2v) is 7.19. The number of rotatable bonds is 8. The molecule has 0 unspecified atom stereocenters. The number of hydrogen-bond acceptors (Lipinski definition) is 4. The van der Waals surface area contributed by atoms with Gasteiger partial charge in [-0.3, -0.25) is 0 Å². The van der Waals surface area contributed by atoms with Gasteiger partial charge < -0.3 is 5.73 Å². The quantitative estimate of drug-likeness (QED) is 0.728. The molecule has 1 aromatic heterocycles. The highest BCUT2D eigenvalue weighted by atomic mass is 32.2. The molecule has 1 heterocycles. The summed E-state index contributed by atoms with van der Waals surface area (Å²) in [5.41, 5.74) is 5.35. The van der Waals surface area contributed by atoms with Gasteiger partial charge in [-0.15, -0.1) is 11.3 Å². The Labute approximate surface area is 107 Å². The van der Waals surface area contributed by atoms with E-state index < -0.39 is 10.0 Å². The smallest absolute Gasteiger partial charge is 0.213 e. The third-order valence-corrected chi connectivity index (χ3v) is 5.46. The van der Waals surface area contributed by atoms with Crippen LogP contribution in [-0.2, 0) is 16.4 Å². The maximum Gasteiger partial charge on any atom is 0.213 e. The molecule has 0 radical (unpaired) electrons. The van der Waals surface area contributed by atoms with Crippen molar-refractivity contribution in [3.05, 3.63) is 22.4 Å². The Hall–Kier alpha value is -0.430. The Morgan fingerprint density at radius 1 is 1.41 bits per heavy atom. The molecule has 0 aliphatic rings. The van der Waals surface area contributed by atoms with Crippen molar-refractivity contribution in [2.75, 3.05) is 25.9 Å². The molecule has 4 nitrogen and oxygen atoms in total. The number of sulfonamides is 1. The van der Waals surface area contributed by atoms with Gasteiger partial charge in [-0.05, 0) is 37.3 Å². The van der Waals surface area contributed by atoms with E-state index in [0.717, 1.165) is 12.8 Å². The Bertz CT molecular complexity index is 401. The van der Waals surface area contributed by atoms with E-state index in [2.05, 4.69) is 0 Å². The molecule has 17 heavy (non-hydrogen) atoms. The molecule has 0 atom stereocenters. The van der Waals surface area contributed by atoms with E-state index in [0.29, 0.717) is 19.5 Å². The minimum Gasteiger partial charge on any atom is -0.330 e. The highest BCUT2D eigenvalue weighted by molar-refractivity contribution is 7.89. The molecule has 0 aliphatic heterocycles. The first kappa shape index (κ1) is 14.6. The highest BCUT2D eigenvalue weighted by Gasteiger charge is 2.16. The normalized spacial score (nSPS) is 12.2. The SMILES string of the molecule is CN(CCc1cccs1)S(=O)(=O)CCCCN. The van der Waals surface area contributed by atoms with Crippen molar-refractivity contribution in [2.45, 2.75) is 19.3 Å². The van der Waals surface area contributed by atoms with Crippen LogP contribution in [0.5, 0.6) is 0 Å². The Morgan fingerprint density at radius 3 is 2.76 bits per heavy atom. The molecule has 1 rings (SSSR count). The minimum absolute atomic E-state index is 0.200. The molecule has 0 amide bonds. The van der Waals surface area contributed by atoms with Crippen LogP contribution in [0, 0.1) is 0 Å². The molecule has 1 aromatic rings. The predicted molar refractivity (Wildman–Crippen MR) is 72.7 cm³/mol. The summed E-state index contributed by atoms with van der Waals surface area (Å²) in [7, 11) is -1.46. The van der Waals surface area contributed by atoms with Crippen molar-refractivity contribution in [3.8, 4) is 0 Å². The number of nitrogens with two attached hydrogens (primary N) is 1. The van der Waals surface area contributed by atoms with E-state index in [1.54, 1.807) is 18.4 Å². The van der Waals surface area contributed by atoms with Crippen molar-refractivity contribution >= 4 is 21.4 Å². The van der Waals surface area contributed by atoms with Gasteiger partial charge in [0, 0.05) is 18.5 Å². The fraction of sp³-hybridized carbons (Fsp3) is 0.636. The third kappa shape index (κ3) is 5.16. The Balaban J connectivity index is 2.37. The zero-order chi connectivity index (χ0) is 12.7. The molecule has 0 fully saturated rings. The standard InChI is InChI=1S/C11H20N2O2S2/c1-13(8-6-11-5-4-9-16-11)17(14,15)10-3-2-7-12/h4-5,9H,2-3,6-8,10,12H2,1H3. The number of likely N-dealkylation sites (N-methyl/N-ethyl adjacent to an activating group) is 1. The summed E-state index contributed by atoms with van der Waals surface area (Å²) in [5.74, 6) is 0.200. The van der Waals surface area contributed by atoms with Crippen LogP contribution in [0.4, 0.5) is 0 Å². The molecule has 98 valence electrons. The van der Waals surface area contributed by atoms with Crippen molar-refractivity contribution in [1.82, 2.24) is 4.31 Å². The molecule has 6 heteroatoms. The third-order valence-electron chi connectivity index (χ3n) is 2.58. The monoisotopic (exact) mass is 276 g/mol. The van der Waals surface area contributed by atoms with Crippen LogP contribution in [0.1, 0.15) is 17.7 Å². The highest BCUT2D eigenvalue weighted by Crippen LogP contribution is 2.11. The van der Waals surface area contributed by atoms with Crippen molar-refractivity contribution in [1.29, 1.82) is 0 Å². The van der Waals surface area contributed by atoms with Gasteiger partial charge in [-0.2, -0.15) is 0 Å². The van der Waals surface area contributed by atoms with Crippen LogP contribution in [-0.4, -0.2) is 38.6 Å². The zero-order valence-electron chi connectivity index (χ0n) is 10.1. The Kier molecular flexibility index (Phi) is 6.11. The van der Waals surface area contributed by atoms with Crippen molar-refractivity contribution in [3.63, 3.8) is 0 Å². The maximum absolute atomic E-state index is 11.9. The lowest BCUT2D eigenvalue weighted by molar-refractivity contribution is 0.471. The van der Waals surface area contributed by atoms with Crippen LogP contribution >= 0.6 is 11.3 Å². The molecule has 0 aromatic carbocycles. The second kappa shape index (κ2) is 7.10. The average molecular weight is 276 g/mol. The summed E-state index contributed by atoms with van der Waals surface area (Å²) in [5, 5.41) is 2.01. The lowest BCUT2D eigenvalue weighted by atomic mass is 10.3. The van der Waals surface area contributed by atoms with Crippen LogP contribution < -0.4 is 5.73 Å². The van der Waals surface area contributed by atoms with Gasteiger partial charge in [-0.1, -0.05) is 6.07 Å². The summed E-state index contributed by atoms with van der Waals surface area (Å²) in [4.78, 5) is 1.22. The van der Waals surface area contributed by atoms with Crippen LogP contribution in [0.2, 0.25) is 0 Å². The minimum atomic E-state index is -3.10. The average Bonchev–Trinajstić information content (AvgIpc) is 2.78. The molecule has 0 spiro atoms. The van der Waals surface area contributed by atoms with Crippen molar-refractivity contribution < 1.29 is 8.42 Å². The van der Waals surface area contributed by atoms with Crippen molar-refractivity contribution in [2.24, 2.45) is 5.73 Å². The summed E-state index contributed by atoms with van der Waals surface area (Å²) in [6.07, 6.45) is 2.18. The van der Waals surface area contributed by atoms with E-state index in [4.69, 9.17) is 5.73 Å². The van der Waals surface area contributed by atoms with Gasteiger partial charge in [-0.25, -0.2) is 12.7 Å². The predicted octanol–water partition coefficient (Wildman–Crippen LogP) is 1.29. The summed E-state index contributed by atoms with van der Waals surface area (Å²) >= 11 is 1.66. The maximum atomic E-state index is 11.9. The second-order valence-electron chi connectivity index (χ2n) is 3.96. The number of nitrogens with zero attached hydrogens (tertiary/aromatic N) is 1. The first-order valence-corrected chi connectivity index (χ1v) is 8.21. The molecule has 2 N–H and O–H groups in total.